The van der Waals surface area contributed by atoms with Gasteiger partial charge in [-0.2, -0.15) is 0 Å². The minimum Gasteiger partial charge on any atom is -0.300 e. The lowest BCUT2D eigenvalue weighted by Gasteiger charge is -2.35. The molecule has 4 rings (SSSR count). The standard InChI is InChI=1S/C28H40N2O2/c1-19-14-15-22(17-25-20(2)16-26(31)27(19)25)21(3)28(32)30(24-12-8-5-9-13-24)18-29-23-10-6-4-7-11-23/h16-18,21-24H,4-15H2,1-3H3. The summed E-state index contributed by atoms with van der Waals surface area (Å²) in [6.07, 6.45) is 19.7. The Morgan fingerprint density at radius 2 is 1.69 bits per heavy atom. The van der Waals surface area contributed by atoms with Crippen LogP contribution in [0.5, 0.6) is 0 Å². The molecule has 2 atom stereocenters. The number of hydrogen-bond acceptors (Lipinski definition) is 3. The molecule has 0 radical (unpaired) electrons. The summed E-state index contributed by atoms with van der Waals surface area (Å²) in [5.74, 6) is 0.381. The van der Waals surface area contributed by atoms with Gasteiger partial charge in [-0.25, -0.2) is 0 Å². The quantitative estimate of drug-likeness (QED) is 0.374. The van der Waals surface area contributed by atoms with Gasteiger partial charge in [0.05, 0.1) is 12.4 Å². The highest BCUT2D eigenvalue weighted by molar-refractivity contribution is 6.13. The lowest BCUT2D eigenvalue weighted by Crippen LogP contribution is -2.44. The summed E-state index contributed by atoms with van der Waals surface area (Å²) in [7, 11) is 0. The highest BCUT2D eigenvalue weighted by Crippen LogP contribution is 2.39. The Morgan fingerprint density at radius 3 is 2.38 bits per heavy atom. The highest BCUT2D eigenvalue weighted by atomic mass is 16.2. The lowest BCUT2D eigenvalue weighted by atomic mass is 9.86. The predicted octanol–water partition coefficient (Wildman–Crippen LogP) is 6.33. The molecule has 174 valence electrons. The van der Waals surface area contributed by atoms with E-state index in [1.54, 1.807) is 6.08 Å². The number of fused-ring (bicyclic) bond motifs is 1. The first-order valence-corrected chi connectivity index (χ1v) is 13.0. The molecule has 0 aromatic heterocycles. The normalized spacial score (nSPS) is 26.6. The van der Waals surface area contributed by atoms with Gasteiger partial charge in [-0.15, -0.1) is 0 Å². The predicted molar refractivity (Wildman–Crippen MR) is 131 cm³/mol. The Morgan fingerprint density at radius 1 is 1.03 bits per heavy atom. The minimum absolute atomic E-state index is 0.113. The molecule has 4 aliphatic rings. The summed E-state index contributed by atoms with van der Waals surface area (Å²) in [4.78, 5) is 33.3. The van der Waals surface area contributed by atoms with Gasteiger partial charge in [-0.05, 0) is 75.5 Å². The molecule has 0 aromatic carbocycles. The van der Waals surface area contributed by atoms with Crippen LogP contribution in [0.4, 0.5) is 0 Å². The molecule has 4 aliphatic carbocycles. The van der Waals surface area contributed by atoms with E-state index in [0.29, 0.717) is 6.04 Å². The summed E-state index contributed by atoms with van der Waals surface area (Å²) >= 11 is 0. The molecule has 2 unspecified atom stereocenters. The maximum absolute atomic E-state index is 13.9. The second-order valence-electron chi connectivity index (χ2n) is 10.5. The van der Waals surface area contributed by atoms with Gasteiger partial charge in [0.25, 0.3) is 0 Å². The molecule has 0 heterocycles. The van der Waals surface area contributed by atoms with Crippen LogP contribution in [0.1, 0.15) is 97.8 Å². The molecular weight excluding hydrogens is 396 g/mol. The number of amides is 1. The van der Waals surface area contributed by atoms with Gasteiger partial charge in [-0.1, -0.05) is 57.1 Å². The SMILES string of the molecule is CC1=CC(=O)C2=C(C)CCC(C(C)C(=O)N(C=NC3CCCCC3)C3CCCCC3)C=C12. The van der Waals surface area contributed by atoms with Crippen molar-refractivity contribution in [1.82, 2.24) is 4.90 Å². The molecule has 32 heavy (non-hydrogen) atoms. The van der Waals surface area contributed by atoms with E-state index in [2.05, 4.69) is 19.9 Å². The van der Waals surface area contributed by atoms with Crippen molar-refractivity contribution in [2.45, 2.75) is 110 Å². The first kappa shape index (κ1) is 23.2. The van der Waals surface area contributed by atoms with Crippen LogP contribution in [-0.2, 0) is 9.59 Å². The zero-order valence-electron chi connectivity index (χ0n) is 20.2. The van der Waals surface area contributed by atoms with Crippen LogP contribution in [0.2, 0.25) is 0 Å². The van der Waals surface area contributed by atoms with E-state index < -0.39 is 0 Å². The third-order valence-corrected chi connectivity index (χ3v) is 8.18. The van der Waals surface area contributed by atoms with Crippen LogP contribution in [0.25, 0.3) is 0 Å². The molecular formula is C28H40N2O2. The largest absolute Gasteiger partial charge is 0.300 e. The first-order valence-electron chi connectivity index (χ1n) is 13.0. The van der Waals surface area contributed by atoms with Crippen molar-refractivity contribution in [3.8, 4) is 0 Å². The fourth-order valence-electron chi connectivity index (χ4n) is 6.04. The van der Waals surface area contributed by atoms with Crippen LogP contribution in [0.3, 0.4) is 0 Å². The van der Waals surface area contributed by atoms with Crippen LogP contribution in [0.15, 0.2) is 39.4 Å². The third-order valence-electron chi connectivity index (χ3n) is 8.18. The van der Waals surface area contributed by atoms with Gasteiger partial charge in [0.1, 0.15) is 0 Å². The molecule has 0 aromatic rings. The Hall–Kier alpha value is -1.97. The Bertz CT molecular complexity index is 851. The molecule has 0 N–H and O–H groups in total. The summed E-state index contributed by atoms with van der Waals surface area (Å²) in [6.45, 7) is 6.18. The van der Waals surface area contributed by atoms with E-state index in [0.717, 1.165) is 55.2 Å². The Kier molecular flexibility index (Phi) is 7.48. The summed E-state index contributed by atoms with van der Waals surface area (Å²) < 4.78 is 0. The van der Waals surface area contributed by atoms with E-state index in [4.69, 9.17) is 4.99 Å². The number of hydrogen-bond donors (Lipinski definition) is 0. The third kappa shape index (κ3) is 5.00. The second kappa shape index (κ2) is 10.3. The van der Waals surface area contributed by atoms with Crippen LogP contribution in [-0.4, -0.2) is 35.0 Å². The fraction of sp³-hybridized carbons (Fsp3) is 0.679. The van der Waals surface area contributed by atoms with Crippen molar-refractivity contribution in [1.29, 1.82) is 0 Å². The van der Waals surface area contributed by atoms with E-state index in [-0.39, 0.29) is 29.6 Å². The van der Waals surface area contributed by atoms with E-state index in [1.165, 1.54) is 44.1 Å². The van der Waals surface area contributed by atoms with Gasteiger partial charge in [0.2, 0.25) is 5.91 Å². The molecule has 0 saturated heterocycles. The smallest absolute Gasteiger partial charge is 0.231 e. The number of ketones is 1. The zero-order chi connectivity index (χ0) is 22.7. The molecule has 4 heteroatoms. The van der Waals surface area contributed by atoms with Crippen LogP contribution in [0, 0.1) is 11.8 Å². The van der Waals surface area contributed by atoms with Crippen LogP contribution < -0.4 is 0 Å². The maximum Gasteiger partial charge on any atom is 0.231 e. The Labute approximate surface area is 193 Å². The Balaban J connectivity index is 1.54. The van der Waals surface area contributed by atoms with Crippen molar-refractivity contribution in [3.63, 3.8) is 0 Å². The monoisotopic (exact) mass is 436 g/mol. The zero-order valence-corrected chi connectivity index (χ0v) is 20.2. The number of rotatable bonds is 5. The van der Waals surface area contributed by atoms with Crippen molar-refractivity contribution < 1.29 is 9.59 Å². The summed E-state index contributed by atoms with van der Waals surface area (Å²) in [6, 6.07) is 0.666. The number of carbonyl (C=O) groups excluding carboxylic acids is 2. The number of aliphatic imine (C=N–C) groups is 1. The highest BCUT2D eigenvalue weighted by Gasteiger charge is 2.34. The van der Waals surface area contributed by atoms with Crippen molar-refractivity contribution in [2.75, 3.05) is 0 Å². The van der Waals surface area contributed by atoms with Crippen molar-refractivity contribution >= 4 is 18.0 Å². The fourth-order valence-corrected chi connectivity index (χ4v) is 6.04. The average Bonchev–Trinajstić information content (AvgIpc) is 2.97. The van der Waals surface area contributed by atoms with Gasteiger partial charge < -0.3 is 0 Å². The molecule has 2 fully saturated rings. The van der Waals surface area contributed by atoms with Crippen molar-refractivity contribution in [3.05, 3.63) is 34.4 Å². The van der Waals surface area contributed by atoms with Crippen LogP contribution >= 0.6 is 0 Å². The van der Waals surface area contributed by atoms with E-state index in [9.17, 15) is 9.59 Å². The molecule has 2 saturated carbocycles. The van der Waals surface area contributed by atoms with Gasteiger partial charge >= 0.3 is 0 Å². The van der Waals surface area contributed by atoms with Gasteiger partial charge in [0.15, 0.2) is 5.78 Å². The molecule has 0 aliphatic heterocycles. The van der Waals surface area contributed by atoms with Gasteiger partial charge in [-0.3, -0.25) is 19.5 Å². The van der Waals surface area contributed by atoms with Crippen molar-refractivity contribution in [2.24, 2.45) is 16.8 Å². The van der Waals surface area contributed by atoms with Gasteiger partial charge in [0, 0.05) is 17.5 Å². The number of carbonyl (C=O) groups is 2. The second-order valence-corrected chi connectivity index (χ2v) is 10.5. The molecule has 4 nitrogen and oxygen atoms in total. The summed E-state index contributed by atoms with van der Waals surface area (Å²) in [5.41, 5.74) is 4.15. The minimum atomic E-state index is -0.113. The number of allylic oxidation sites excluding steroid dienone is 6. The summed E-state index contributed by atoms with van der Waals surface area (Å²) in [5, 5.41) is 0. The first-order chi connectivity index (χ1) is 15.5. The maximum atomic E-state index is 13.9. The topological polar surface area (TPSA) is 49.7 Å². The van der Waals surface area contributed by atoms with E-state index >= 15 is 0 Å². The number of nitrogens with zero attached hydrogens (tertiary/aromatic N) is 2. The van der Waals surface area contributed by atoms with E-state index in [1.807, 2.05) is 18.2 Å². The average molecular weight is 437 g/mol. The molecule has 0 bridgehead atoms. The molecule has 1 amide bonds. The molecule has 0 spiro atoms. The lowest BCUT2D eigenvalue weighted by molar-refractivity contribution is -0.134.